The second-order valence-electron chi connectivity index (χ2n) is 6.89. The molecule has 0 bridgehead atoms. The van der Waals surface area contributed by atoms with Gasteiger partial charge in [-0.1, -0.05) is 42.5 Å². The van der Waals surface area contributed by atoms with Gasteiger partial charge in [-0.25, -0.2) is 0 Å². The predicted octanol–water partition coefficient (Wildman–Crippen LogP) is 6.25. The average Bonchev–Trinajstić information content (AvgIpc) is 3.04. The zero-order valence-electron chi connectivity index (χ0n) is 17.1. The Hall–Kier alpha value is -2.77. The van der Waals surface area contributed by atoms with Crippen molar-refractivity contribution in [2.75, 3.05) is 13.7 Å². The number of rotatable bonds is 6. The van der Waals surface area contributed by atoms with Crippen molar-refractivity contribution >= 4 is 55.7 Å². The Bertz CT molecular complexity index is 1200. The van der Waals surface area contributed by atoms with Crippen LogP contribution in [0.4, 0.5) is 4.79 Å². The van der Waals surface area contributed by atoms with Crippen LogP contribution in [0.5, 0.6) is 11.5 Å². The number of hydrogen-bond acceptors (Lipinski definition) is 5. The minimum atomic E-state index is -0.274. The molecule has 0 unspecified atom stereocenters. The Kier molecular flexibility index (Phi) is 6.34. The largest absolute Gasteiger partial charge is 0.493 e. The fourth-order valence-electron chi connectivity index (χ4n) is 3.46. The lowest BCUT2D eigenvalue weighted by molar-refractivity contribution is -0.122. The maximum atomic E-state index is 12.4. The summed E-state index contributed by atoms with van der Waals surface area (Å²) in [5.74, 6) is 0.841. The minimum Gasteiger partial charge on any atom is -0.493 e. The number of halogens is 1. The molecule has 158 valence electrons. The molecule has 1 saturated heterocycles. The van der Waals surface area contributed by atoms with Crippen molar-refractivity contribution in [1.29, 1.82) is 0 Å². The van der Waals surface area contributed by atoms with E-state index in [0.717, 1.165) is 33.7 Å². The molecule has 2 amide bonds. The third kappa shape index (κ3) is 4.34. The summed E-state index contributed by atoms with van der Waals surface area (Å²) >= 11 is 4.51. The van der Waals surface area contributed by atoms with E-state index in [0.29, 0.717) is 34.0 Å². The van der Waals surface area contributed by atoms with Crippen LogP contribution in [0, 0.1) is 0 Å². The van der Waals surface area contributed by atoms with Crippen LogP contribution in [0.25, 0.3) is 16.8 Å². The molecule has 7 heteroatoms. The Balaban J connectivity index is 1.61. The molecular weight excluding hydrogens is 478 g/mol. The van der Waals surface area contributed by atoms with Crippen molar-refractivity contribution in [3.8, 4) is 11.5 Å². The topological polar surface area (TPSA) is 55.8 Å². The van der Waals surface area contributed by atoms with Gasteiger partial charge in [0.05, 0.1) is 16.5 Å². The number of thioether (sulfide) groups is 1. The van der Waals surface area contributed by atoms with Crippen LogP contribution < -0.4 is 9.47 Å². The number of imide groups is 1. The van der Waals surface area contributed by atoms with E-state index in [-0.39, 0.29) is 11.1 Å². The lowest BCUT2D eigenvalue weighted by Gasteiger charge is -2.15. The Morgan fingerprint density at radius 2 is 1.87 bits per heavy atom. The predicted molar refractivity (Wildman–Crippen MR) is 127 cm³/mol. The van der Waals surface area contributed by atoms with Crippen molar-refractivity contribution in [2.24, 2.45) is 0 Å². The van der Waals surface area contributed by atoms with Crippen LogP contribution in [0.15, 0.2) is 64.0 Å². The van der Waals surface area contributed by atoms with Crippen LogP contribution in [0.3, 0.4) is 0 Å². The first kappa shape index (κ1) is 21.5. The molecule has 31 heavy (non-hydrogen) atoms. The van der Waals surface area contributed by atoms with E-state index in [1.165, 1.54) is 4.90 Å². The molecule has 3 aromatic rings. The number of ether oxygens (including phenoxy) is 2. The van der Waals surface area contributed by atoms with Gasteiger partial charge in [-0.15, -0.1) is 0 Å². The molecule has 1 aliphatic heterocycles. The van der Waals surface area contributed by atoms with Crippen LogP contribution in [-0.2, 0) is 11.4 Å². The van der Waals surface area contributed by atoms with Gasteiger partial charge in [0.25, 0.3) is 11.1 Å². The first-order valence-electron chi connectivity index (χ1n) is 9.74. The van der Waals surface area contributed by atoms with Crippen molar-refractivity contribution in [2.45, 2.75) is 13.5 Å². The Morgan fingerprint density at radius 1 is 1.10 bits per heavy atom. The van der Waals surface area contributed by atoms with Crippen molar-refractivity contribution < 1.29 is 19.1 Å². The second kappa shape index (κ2) is 9.16. The maximum Gasteiger partial charge on any atom is 0.293 e. The van der Waals surface area contributed by atoms with Gasteiger partial charge >= 0.3 is 0 Å². The highest BCUT2D eigenvalue weighted by Crippen LogP contribution is 2.39. The highest BCUT2D eigenvalue weighted by atomic mass is 79.9. The van der Waals surface area contributed by atoms with E-state index in [9.17, 15) is 9.59 Å². The number of nitrogens with zero attached hydrogens (tertiary/aromatic N) is 1. The molecule has 0 N–H and O–H groups in total. The molecular formula is C24H20BrNO4S. The zero-order valence-corrected chi connectivity index (χ0v) is 19.5. The Labute approximate surface area is 193 Å². The number of likely N-dealkylation sites (N-methyl/N-ethyl adjacent to an activating group) is 1. The summed E-state index contributed by atoms with van der Waals surface area (Å²) in [6, 6.07) is 17.9. The van der Waals surface area contributed by atoms with Crippen LogP contribution >= 0.6 is 27.7 Å². The molecule has 0 radical (unpaired) electrons. The van der Waals surface area contributed by atoms with Crippen LogP contribution in [-0.4, -0.2) is 29.7 Å². The smallest absolute Gasteiger partial charge is 0.293 e. The molecule has 0 atom stereocenters. The van der Waals surface area contributed by atoms with Crippen molar-refractivity contribution in [3.05, 3.63) is 75.1 Å². The van der Waals surface area contributed by atoms with E-state index in [1.807, 2.05) is 30.3 Å². The number of methoxy groups -OCH3 is 1. The fraction of sp³-hybridized carbons (Fsp3) is 0.167. The zero-order chi connectivity index (χ0) is 22.0. The Morgan fingerprint density at radius 3 is 2.61 bits per heavy atom. The lowest BCUT2D eigenvalue weighted by atomic mass is 10.1. The van der Waals surface area contributed by atoms with Gasteiger partial charge in [0.2, 0.25) is 0 Å². The molecule has 1 aliphatic rings. The number of carbonyl (C=O) groups excluding carboxylic acids is 2. The average molecular weight is 498 g/mol. The number of carbonyl (C=O) groups is 2. The molecule has 1 heterocycles. The van der Waals surface area contributed by atoms with Gasteiger partial charge < -0.3 is 9.47 Å². The summed E-state index contributed by atoms with van der Waals surface area (Å²) in [6.07, 6.45) is 1.70. The molecule has 4 rings (SSSR count). The molecule has 0 spiro atoms. The standard InChI is InChI=1S/C24H20BrNO4S/c1-3-26-23(27)21(31-24(26)28)13-15-11-19(25)22(20(12-15)29-2)30-14-17-9-6-8-16-7-4-5-10-18(16)17/h4-13H,3,14H2,1-2H3/b21-13-. The highest BCUT2D eigenvalue weighted by Gasteiger charge is 2.33. The summed E-state index contributed by atoms with van der Waals surface area (Å²) in [4.78, 5) is 25.9. The van der Waals surface area contributed by atoms with Gasteiger partial charge in [-0.3, -0.25) is 14.5 Å². The normalized spacial score (nSPS) is 15.2. The summed E-state index contributed by atoms with van der Waals surface area (Å²) in [5, 5.41) is 2.05. The summed E-state index contributed by atoms with van der Waals surface area (Å²) in [6.45, 7) is 2.52. The van der Waals surface area contributed by atoms with Gasteiger partial charge in [-0.2, -0.15) is 0 Å². The summed E-state index contributed by atoms with van der Waals surface area (Å²) in [5.41, 5.74) is 1.81. The number of benzene rings is 3. The van der Waals surface area contributed by atoms with Gasteiger partial charge in [-0.05, 0) is 74.7 Å². The van der Waals surface area contributed by atoms with E-state index in [4.69, 9.17) is 9.47 Å². The first-order valence-corrected chi connectivity index (χ1v) is 11.3. The first-order chi connectivity index (χ1) is 15.0. The molecule has 0 aliphatic carbocycles. The quantitative estimate of drug-likeness (QED) is 0.377. The van der Waals surface area contributed by atoms with Gasteiger partial charge in [0, 0.05) is 6.54 Å². The fourth-order valence-corrected chi connectivity index (χ4v) is 4.93. The molecule has 0 aromatic heterocycles. The number of fused-ring (bicyclic) bond motifs is 1. The minimum absolute atomic E-state index is 0.250. The van der Waals surface area contributed by atoms with E-state index in [1.54, 1.807) is 26.2 Å². The summed E-state index contributed by atoms with van der Waals surface area (Å²) < 4.78 is 12.4. The second-order valence-corrected chi connectivity index (χ2v) is 8.73. The van der Waals surface area contributed by atoms with E-state index in [2.05, 4.69) is 34.1 Å². The number of amides is 2. The SMILES string of the molecule is CCN1C(=O)S/C(=C\c2cc(Br)c(OCc3cccc4ccccc34)c(OC)c2)C1=O. The molecule has 1 fully saturated rings. The molecule has 0 saturated carbocycles. The number of hydrogen-bond donors (Lipinski definition) is 0. The van der Waals surface area contributed by atoms with E-state index < -0.39 is 0 Å². The lowest BCUT2D eigenvalue weighted by Crippen LogP contribution is -2.27. The third-order valence-electron chi connectivity index (χ3n) is 4.99. The third-order valence-corrected chi connectivity index (χ3v) is 6.49. The van der Waals surface area contributed by atoms with E-state index >= 15 is 0 Å². The molecule has 3 aromatic carbocycles. The van der Waals surface area contributed by atoms with Crippen LogP contribution in [0.2, 0.25) is 0 Å². The van der Waals surface area contributed by atoms with Crippen molar-refractivity contribution in [1.82, 2.24) is 4.90 Å². The van der Waals surface area contributed by atoms with Gasteiger partial charge in [0.1, 0.15) is 6.61 Å². The molecule has 5 nitrogen and oxygen atoms in total. The monoisotopic (exact) mass is 497 g/mol. The van der Waals surface area contributed by atoms with Crippen molar-refractivity contribution in [3.63, 3.8) is 0 Å². The van der Waals surface area contributed by atoms with Crippen LogP contribution in [0.1, 0.15) is 18.1 Å². The maximum absolute atomic E-state index is 12.4. The van der Waals surface area contributed by atoms with Gasteiger partial charge in [0.15, 0.2) is 11.5 Å². The summed E-state index contributed by atoms with van der Waals surface area (Å²) in [7, 11) is 1.57. The highest BCUT2D eigenvalue weighted by molar-refractivity contribution is 9.10.